The molecule has 1 fully saturated rings. The van der Waals surface area contributed by atoms with Crippen LogP contribution in [0.1, 0.15) is 0 Å². The first-order chi connectivity index (χ1) is 13.2. The van der Waals surface area contributed by atoms with E-state index < -0.39 is 0 Å². The summed E-state index contributed by atoms with van der Waals surface area (Å²) in [6.45, 7) is 3.00. The Kier molecular flexibility index (Phi) is 5.07. The van der Waals surface area contributed by atoms with Crippen LogP contribution in [0.5, 0.6) is 0 Å². The molecule has 4 rings (SSSR count). The molecular formula is C17H19N7O2S. The maximum Gasteiger partial charge on any atom is 0.234 e. The van der Waals surface area contributed by atoms with Gasteiger partial charge < -0.3 is 25.7 Å². The Morgan fingerprint density at radius 3 is 2.93 bits per heavy atom. The van der Waals surface area contributed by atoms with Crippen molar-refractivity contribution in [1.82, 2.24) is 19.9 Å². The highest BCUT2D eigenvalue weighted by molar-refractivity contribution is 7.99. The summed E-state index contributed by atoms with van der Waals surface area (Å²) in [5, 5.41) is 3.56. The third kappa shape index (κ3) is 3.96. The molecule has 1 aliphatic heterocycles. The van der Waals surface area contributed by atoms with Crippen molar-refractivity contribution in [2.75, 3.05) is 48.0 Å². The minimum absolute atomic E-state index is 0.111. The highest BCUT2D eigenvalue weighted by Crippen LogP contribution is 2.27. The summed E-state index contributed by atoms with van der Waals surface area (Å²) in [5.74, 6) is 0.438. The Hall–Kier alpha value is -2.85. The molecule has 2 aromatic heterocycles. The van der Waals surface area contributed by atoms with Crippen molar-refractivity contribution in [3.05, 3.63) is 30.6 Å². The van der Waals surface area contributed by atoms with Gasteiger partial charge in [0.2, 0.25) is 5.91 Å². The van der Waals surface area contributed by atoms with Gasteiger partial charge in [-0.05, 0) is 12.1 Å². The molecule has 140 valence electrons. The fourth-order valence-corrected chi connectivity index (χ4v) is 3.54. The number of nitrogen functional groups attached to an aromatic ring is 1. The van der Waals surface area contributed by atoms with Crippen LogP contribution in [0.4, 0.5) is 17.2 Å². The third-order valence-electron chi connectivity index (χ3n) is 4.17. The number of nitrogens with zero attached hydrogens (tertiary/aromatic N) is 4. The lowest BCUT2D eigenvalue weighted by Crippen LogP contribution is -2.36. The van der Waals surface area contributed by atoms with Gasteiger partial charge >= 0.3 is 0 Å². The molecule has 10 heteroatoms. The van der Waals surface area contributed by atoms with Crippen LogP contribution in [0.25, 0.3) is 11.2 Å². The number of hydrogen-bond acceptors (Lipinski definition) is 8. The smallest absolute Gasteiger partial charge is 0.234 e. The van der Waals surface area contributed by atoms with E-state index in [9.17, 15) is 4.79 Å². The number of imidazole rings is 1. The number of ether oxygens (including phenoxy) is 1. The van der Waals surface area contributed by atoms with Gasteiger partial charge in [-0.15, -0.1) is 0 Å². The number of benzene rings is 1. The average Bonchev–Trinajstić information content (AvgIpc) is 3.12. The molecule has 3 aromatic rings. The minimum Gasteiger partial charge on any atom is -0.382 e. The first-order valence-electron chi connectivity index (χ1n) is 8.51. The van der Waals surface area contributed by atoms with Crippen LogP contribution in [0.2, 0.25) is 0 Å². The molecule has 1 aromatic carbocycles. The second-order valence-corrected chi connectivity index (χ2v) is 6.92. The van der Waals surface area contributed by atoms with Gasteiger partial charge in [0.15, 0.2) is 16.6 Å². The molecular weight excluding hydrogens is 366 g/mol. The Bertz CT molecular complexity index is 955. The summed E-state index contributed by atoms with van der Waals surface area (Å²) in [6.07, 6.45) is 1.36. The summed E-state index contributed by atoms with van der Waals surface area (Å²) in [5.41, 5.74) is 8.66. The summed E-state index contributed by atoms with van der Waals surface area (Å²) in [4.78, 5) is 30.0. The molecule has 0 spiro atoms. The molecule has 3 heterocycles. The maximum absolute atomic E-state index is 12.4. The van der Waals surface area contributed by atoms with Crippen LogP contribution in [-0.2, 0) is 9.53 Å². The summed E-state index contributed by atoms with van der Waals surface area (Å²) < 4.78 is 5.40. The van der Waals surface area contributed by atoms with Crippen LogP contribution in [-0.4, -0.2) is 57.9 Å². The minimum atomic E-state index is -0.111. The number of aromatic amines is 1. The third-order valence-corrected chi connectivity index (χ3v) is 5.04. The number of anilines is 3. The van der Waals surface area contributed by atoms with Gasteiger partial charge in [-0.3, -0.25) is 4.79 Å². The van der Waals surface area contributed by atoms with Crippen molar-refractivity contribution in [2.24, 2.45) is 0 Å². The highest BCUT2D eigenvalue weighted by atomic mass is 32.2. The normalized spacial score (nSPS) is 14.4. The quantitative estimate of drug-likeness (QED) is 0.565. The van der Waals surface area contributed by atoms with Crippen molar-refractivity contribution in [1.29, 1.82) is 0 Å². The molecule has 0 unspecified atom stereocenters. The van der Waals surface area contributed by atoms with E-state index in [1.54, 1.807) is 0 Å². The number of carbonyl (C=O) groups is 1. The molecule has 0 atom stereocenters. The van der Waals surface area contributed by atoms with Crippen LogP contribution in [0.15, 0.2) is 35.7 Å². The zero-order valence-electron chi connectivity index (χ0n) is 14.5. The van der Waals surface area contributed by atoms with Gasteiger partial charge in [-0.25, -0.2) is 15.0 Å². The number of fused-ring (bicyclic) bond motifs is 1. The van der Waals surface area contributed by atoms with Gasteiger partial charge in [-0.1, -0.05) is 23.9 Å². The van der Waals surface area contributed by atoms with Gasteiger partial charge in [0, 0.05) is 13.1 Å². The second kappa shape index (κ2) is 7.80. The average molecular weight is 385 g/mol. The van der Waals surface area contributed by atoms with Crippen LogP contribution < -0.4 is 16.0 Å². The first kappa shape index (κ1) is 17.6. The number of rotatable bonds is 5. The number of nitrogens with two attached hydrogens (primary N) is 1. The number of hydrogen-bond donors (Lipinski definition) is 3. The number of amides is 1. The summed E-state index contributed by atoms with van der Waals surface area (Å²) >= 11 is 1.29. The molecule has 4 N–H and O–H groups in total. The maximum atomic E-state index is 12.4. The van der Waals surface area contributed by atoms with E-state index in [1.807, 2.05) is 24.3 Å². The lowest BCUT2D eigenvalue weighted by atomic mass is 10.2. The van der Waals surface area contributed by atoms with Crippen molar-refractivity contribution in [2.45, 2.75) is 5.16 Å². The van der Waals surface area contributed by atoms with Crippen LogP contribution in [0, 0.1) is 0 Å². The van der Waals surface area contributed by atoms with Crippen LogP contribution in [0.3, 0.4) is 0 Å². The molecule has 9 nitrogen and oxygen atoms in total. The van der Waals surface area contributed by atoms with Gasteiger partial charge in [0.05, 0.1) is 30.3 Å². The predicted octanol–water partition coefficient (Wildman–Crippen LogP) is 1.50. The number of H-pyrrole nitrogens is 1. The molecule has 0 aliphatic carbocycles. The number of aromatic nitrogens is 4. The lowest BCUT2D eigenvalue weighted by molar-refractivity contribution is -0.113. The predicted molar refractivity (Wildman–Crippen MR) is 105 cm³/mol. The standard InChI is InChI=1S/C17H19N7O2S/c18-15-14-16(20-10-19-15)23-17(22-14)27-9-13(25)21-11-3-1-2-4-12(11)24-5-7-26-8-6-24/h1-4,10H,5-9H2,(H,21,25)(H3,18,19,20,22,23). The van der Waals surface area contributed by atoms with E-state index in [0.717, 1.165) is 24.5 Å². The highest BCUT2D eigenvalue weighted by Gasteiger charge is 2.16. The zero-order chi connectivity index (χ0) is 18.6. The molecule has 1 amide bonds. The van der Waals surface area contributed by atoms with E-state index >= 15 is 0 Å². The number of carbonyl (C=O) groups excluding carboxylic acids is 1. The van der Waals surface area contributed by atoms with Crippen molar-refractivity contribution in [3.63, 3.8) is 0 Å². The fourth-order valence-electron chi connectivity index (χ4n) is 2.87. The molecule has 27 heavy (non-hydrogen) atoms. The fraction of sp³-hybridized carbons (Fsp3) is 0.294. The van der Waals surface area contributed by atoms with Gasteiger partial charge in [0.25, 0.3) is 0 Å². The van der Waals surface area contributed by atoms with E-state index in [0.29, 0.717) is 35.4 Å². The zero-order valence-corrected chi connectivity index (χ0v) is 15.3. The molecule has 1 aliphatic rings. The van der Waals surface area contributed by atoms with E-state index in [2.05, 4.69) is 30.2 Å². The first-order valence-corrected chi connectivity index (χ1v) is 9.50. The second-order valence-electron chi connectivity index (χ2n) is 5.95. The number of para-hydroxylation sites is 2. The Labute approximate surface area is 159 Å². The molecule has 1 saturated heterocycles. The summed E-state index contributed by atoms with van der Waals surface area (Å²) in [6, 6.07) is 7.79. The SMILES string of the molecule is Nc1ncnc2nc(SCC(=O)Nc3ccccc3N3CCOCC3)[nH]c12. The number of nitrogens with one attached hydrogen (secondary N) is 2. The van der Waals surface area contributed by atoms with Crippen LogP contribution >= 0.6 is 11.8 Å². The number of thioether (sulfide) groups is 1. The molecule has 0 bridgehead atoms. The van der Waals surface area contributed by atoms with E-state index in [1.165, 1.54) is 18.1 Å². The molecule has 0 saturated carbocycles. The van der Waals surface area contributed by atoms with Gasteiger partial charge in [-0.2, -0.15) is 0 Å². The Morgan fingerprint density at radius 2 is 2.11 bits per heavy atom. The Morgan fingerprint density at radius 1 is 1.30 bits per heavy atom. The Balaban J connectivity index is 1.41. The monoisotopic (exact) mass is 385 g/mol. The van der Waals surface area contributed by atoms with Crippen molar-refractivity contribution < 1.29 is 9.53 Å². The van der Waals surface area contributed by atoms with E-state index in [-0.39, 0.29) is 11.7 Å². The number of morpholine rings is 1. The van der Waals surface area contributed by atoms with Gasteiger partial charge in [0.1, 0.15) is 11.8 Å². The lowest BCUT2D eigenvalue weighted by Gasteiger charge is -2.30. The topological polar surface area (TPSA) is 122 Å². The van der Waals surface area contributed by atoms with Crippen molar-refractivity contribution >= 4 is 46.0 Å². The largest absolute Gasteiger partial charge is 0.382 e. The van der Waals surface area contributed by atoms with Crippen molar-refractivity contribution in [3.8, 4) is 0 Å². The molecule has 0 radical (unpaired) electrons. The summed E-state index contributed by atoms with van der Waals surface area (Å²) in [7, 11) is 0. The van der Waals surface area contributed by atoms with E-state index in [4.69, 9.17) is 10.5 Å².